The van der Waals surface area contributed by atoms with Crippen LogP contribution in [0.5, 0.6) is 0 Å². The molecule has 1 atom stereocenters. The van der Waals surface area contributed by atoms with Crippen LogP contribution in [0.25, 0.3) is 10.4 Å². The third-order valence-corrected chi connectivity index (χ3v) is 6.45. The van der Waals surface area contributed by atoms with E-state index in [4.69, 9.17) is 5.73 Å². The summed E-state index contributed by atoms with van der Waals surface area (Å²) in [6.07, 6.45) is 0. The molecule has 96 valence electrons. The van der Waals surface area contributed by atoms with Gasteiger partial charge in [0.2, 0.25) is 0 Å². The van der Waals surface area contributed by atoms with Crippen LogP contribution in [0, 0.1) is 9.49 Å². The number of hydrogen-bond donors (Lipinski definition) is 1. The highest BCUT2D eigenvalue weighted by molar-refractivity contribution is 14.1. The second-order valence-corrected chi connectivity index (χ2v) is 7.73. The van der Waals surface area contributed by atoms with Gasteiger partial charge in [-0.3, -0.25) is 0 Å². The summed E-state index contributed by atoms with van der Waals surface area (Å²) in [6.45, 7) is 4.32. The highest BCUT2D eigenvalue weighted by Crippen LogP contribution is 2.34. The first-order chi connectivity index (χ1) is 8.49. The van der Waals surface area contributed by atoms with E-state index in [0.717, 1.165) is 4.47 Å². The summed E-state index contributed by atoms with van der Waals surface area (Å²) < 4.78 is 2.37. The van der Waals surface area contributed by atoms with Gasteiger partial charge in [-0.2, -0.15) is 0 Å². The normalized spacial score (nSPS) is 13.0. The van der Waals surface area contributed by atoms with E-state index in [2.05, 4.69) is 82.7 Å². The Morgan fingerprint density at radius 1 is 1.22 bits per heavy atom. The maximum atomic E-state index is 6.18. The summed E-state index contributed by atoms with van der Waals surface area (Å²) in [5, 5.41) is 0. The first kappa shape index (κ1) is 14.5. The topological polar surface area (TPSA) is 26.0 Å². The molecule has 0 aliphatic carbocycles. The van der Waals surface area contributed by atoms with Crippen molar-refractivity contribution in [2.75, 3.05) is 0 Å². The lowest BCUT2D eigenvalue weighted by Crippen LogP contribution is -2.14. The lowest BCUT2D eigenvalue weighted by Gasteiger charge is -2.12. The summed E-state index contributed by atoms with van der Waals surface area (Å²) in [7, 11) is 0. The number of hydrogen-bond acceptors (Lipinski definition) is 2. The molecule has 0 saturated carbocycles. The van der Waals surface area contributed by atoms with Crippen LogP contribution in [-0.4, -0.2) is 0 Å². The maximum Gasteiger partial charge on any atom is 0.0413 e. The van der Waals surface area contributed by atoms with Crippen LogP contribution in [0.1, 0.15) is 24.8 Å². The van der Waals surface area contributed by atoms with Gasteiger partial charge in [0.1, 0.15) is 0 Å². The molecule has 0 amide bonds. The van der Waals surface area contributed by atoms with Gasteiger partial charge in [0.05, 0.1) is 0 Å². The predicted octanol–water partition coefficient (Wildman–Crippen LogP) is 5.44. The number of rotatable bonds is 3. The molecule has 1 unspecified atom stereocenters. The van der Waals surface area contributed by atoms with Gasteiger partial charge >= 0.3 is 0 Å². The predicted molar refractivity (Wildman–Crippen MR) is 91.9 cm³/mol. The van der Waals surface area contributed by atoms with E-state index in [0.29, 0.717) is 5.92 Å². The minimum absolute atomic E-state index is 0.135. The molecular weight excluding hydrogens is 421 g/mol. The van der Waals surface area contributed by atoms with E-state index in [1.165, 1.54) is 18.9 Å². The summed E-state index contributed by atoms with van der Waals surface area (Å²) in [5.41, 5.74) is 7.43. The average molecular weight is 436 g/mol. The van der Waals surface area contributed by atoms with Gasteiger partial charge in [-0.15, -0.1) is 11.3 Å². The van der Waals surface area contributed by atoms with Crippen LogP contribution >= 0.6 is 49.9 Å². The second-order valence-electron chi connectivity index (χ2n) is 4.60. The number of nitrogens with two attached hydrogens (primary N) is 1. The molecule has 0 aliphatic heterocycles. The molecule has 0 saturated heterocycles. The van der Waals surface area contributed by atoms with Gasteiger partial charge < -0.3 is 5.73 Å². The number of benzene rings is 1. The SMILES string of the molecule is CC(C)C(N)c1ccc(-c2ccc(I)c(Br)c2)s1. The van der Waals surface area contributed by atoms with E-state index in [1.807, 2.05) is 0 Å². The fraction of sp³-hybridized carbons (Fsp3) is 0.286. The first-order valence-corrected chi connectivity index (χ1v) is 8.48. The van der Waals surface area contributed by atoms with Crippen LogP contribution in [-0.2, 0) is 0 Å². The van der Waals surface area contributed by atoms with Gasteiger partial charge in [0, 0.05) is 23.8 Å². The molecule has 1 aromatic carbocycles. The standard InChI is InChI=1S/C14H15BrINS/c1-8(2)14(17)13-6-5-12(18-13)9-3-4-11(16)10(15)7-9/h3-8,14H,17H2,1-2H3. The van der Waals surface area contributed by atoms with E-state index < -0.39 is 0 Å². The molecule has 0 spiro atoms. The maximum absolute atomic E-state index is 6.18. The Morgan fingerprint density at radius 3 is 2.56 bits per heavy atom. The summed E-state index contributed by atoms with van der Waals surface area (Å²) in [4.78, 5) is 2.54. The molecule has 1 heterocycles. The zero-order valence-corrected chi connectivity index (χ0v) is 14.8. The Kier molecular flexibility index (Phi) is 4.86. The fourth-order valence-corrected chi connectivity index (χ4v) is 3.56. The summed E-state index contributed by atoms with van der Waals surface area (Å²) in [6, 6.07) is 10.9. The fourth-order valence-electron chi connectivity index (χ4n) is 1.67. The number of halogens is 2. The lowest BCUT2D eigenvalue weighted by atomic mass is 10.0. The van der Waals surface area contributed by atoms with Crippen LogP contribution in [0.3, 0.4) is 0 Å². The van der Waals surface area contributed by atoms with Gasteiger partial charge in [-0.25, -0.2) is 0 Å². The van der Waals surface area contributed by atoms with Crippen molar-refractivity contribution in [1.82, 2.24) is 0 Å². The quantitative estimate of drug-likeness (QED) is 0.638. The van der Waals surface area contributed by atoms with Gasteiger partial charge in [-0.05, 0) is 74.3 Å². The molecule has 2 rings (SSSR count). The first-order valence-electron chi connectivity index (χ1n) is 5.79. The van der Waals surface area contributed by atoms with E-state index >= 15 is 0 Å². The Labute approximate surface area is 134 Å². The van der Waals surface area contributed by atoms with E-state index in [-0.39, 0.29) is 6.04 Å². The van der Waals surface area contributed by atoms with Crippen molar-refractivity contribution >= 4 is 49.9 Å². The van der Waals surface area contributed by atoms with Crippen LogP contribution < -0.4 is 5.73 Å². The van der Waals surface area contributed by atoms with Crippen molar-refractivity contribution in [2.24, 2.45) is 11.7 Å². The van der Waals surface area contributed by atoms with Gasteiger partial charge in [0.25, 0.3) is 0 Å². The van der Waals surface area contributed by atoms with Crippen LogP contribution in [0.2, 0.25) is 0 Å². The Morgan fingerprint density at radius 2 is 1.94 bits per heavy atom. The lowest BCUT2D eigenvalue weighted by molar-refractivity contribution is 0.521. The van der Waals surface area contributed by atoms with Crippen molar-refractivity contribution in [3.8, 4) is 10.4 Å². The van der Waals surface area contributed by atoms with Crippen molar-refractivity contribution < 1.29 is 0 Å². The zero-order chi connectivity index (χ0) is 13.3. The van der Waals surface area contributed by atoms with Crippen LogP contribution in [0.4, 0.5) is 0 Å². The molecule has 2 aromatic rings. The minimum atomic E-state index is 0.135. The Balaban J connectivity index is 2.32. The highest BCUT2D eigenvalue weighted by atomic mass is 127. The van der Waals surface area contributed by atoms with E-state index in [9.17, 15) is 0 Å². The summed E-state index contributed by atoms with van der Waals surface area (Å²) >= 11 is 7.68. The molecule has 0 radical (unpaired) electrons. The van der Waals surface area contributed by atoms with Crippen molar-refractivity contribution in [3.05, 3.63) is 43.3 Å². The second kappa shape index (κ2) is 6.03. The van der Waals surface area contributed by atoms with E-state index in [1.54, 1.807) is 11.3 Å². The molecule has 1 nitrogen and oxygen atoms in total. The molecule has 0 aliphatic rings. The van der Waals surface area contributed by atoms with Crippen LogP contribution in [0.15, 0.2) is 34.8 Å². The number of thiophene rings is 1. The smallest absolute Gasteiger partial charge is 0.0413 e. The molecule has 1 aromatic heterocycles. The zero-order valence-electron chi connectivity index (χ0n) is 10.3. The van der Waals surface area contributed by atoms with Crippen molar-refractivity contribution in [2.45, 2.75) is 19.9 Å². The van der Waals surface area contributed by atoms with Gasteiger partial charge in [-0.1, -0.05) is 19.9 Å². The summed E-state index contributed by atoms with van der Waals surface area (Å²) in [5.74, 6) is 0.472. The Hall–Kier alpha value is 0.0900. The highest BCUT2D eigenvalue weighted by Gasteiger charge is 2.13. The molecular formula is C14H15BrINS. The molecule has 2 N–H and O–H groups in total. The van der Waals surface area contributed by atoms with Crippen molar-refractivity contribution in [3.63, 3.8) is 0 Å². The minimum Gasteiger partial charge on any atom is -0.323 e. The Bertz CT molecular complexity index is 550. The monoisotopic (exact) mass is 435 g/mol. The molecule has 0 bridgehead atoms. The molecule has 0 fully saturated rings. The largest absolute Gasteiger partial charge is 0.323 e. The third kappa shape index (κ3) is 3.15. The van der Waals surface area contributed by atoms with Crippen molar-refractivity contribution in [1.29, 1.82) is 0 Å². The average Bonchev–Trinajstić information content (AvgIpc) is 2.81. The third-order valence-electron chi connectivity index (χ3n) is 2.88. The molecule has 4 heteroatoms. The van der Waals surface area contributed by atoms with Gasteiger partial charge in [0.15, 0.2) is 0 Å². The molecule has 18 heavy (non-hydrogen) atoms.